The monoisotopic (exact) mass is 222 g/mol. The van der Waals surface area contributed by atoms with Crippen molar-refractivity contribution in [2.75, 3.05) is 6.61 Å². The van der Waals surface area contributed by atoms with E-state index in [0.717, 1.165) is 12.8 Å². The Bertz CT molecular complexity index is 141. The minimum atomic E-state index is -0.318. The summed E-state index contributed by atoms with van der Waals surface area (Å²) in [5.74, 6) is -0.275. The lowest BCUT2D eigenvalue weighted by molar-refractivity contribution is -0.183. The first-order valence-corrected chi connectivity index (χ1v) is 4.53. The van der Waals surface area contributed by atoms with E-state index in [4.69, 9.17) is 9.47 Å². The molecular weight excluding hydrogens is 212 g/mol. The maximum Gasteiger partial charge on any atom is 0.304 e. The molecule has 4 heteroatoms. The van der Waals surface area contributed by atoms with Crippen molar-refractivity contribution in [1.29, 1.82) is 0 Å². The van der Waals surface area contributed by atoms with Crippen LogP contribution < -0.4 is 0 Å². The lowest BCUT2D eigenvalue weighted by Crippen LogP contribution is -2.29. The fraction of sp³-hybridized carbons (Fsp3) is 0.857. The molecule has 0 spiro atoms. The van der Waals surface area contributed by atoms with Crippen molar-refractivity contribution in [3.8, 4) is 0 Å². The molecule has 2 atom stereocenters. The van der Waals surface area contributed by atoms with Crippen molar-refractivity contribution in [3.63, 3.8) is 0 Å². The Morgan fingerprint density at radius 2 is 2.36 bits per heavy atom. The Morgan fingerprint density at radius 3 is 2.82 bits per heavy atom. The van der Waals surface area contributed by atoms with E-state index in [9.17, 15) is 4.79 Å². The Morgan fingerprint density at radius 1 is 1.64 bits per heavy atom. The molecule has 3 nitrogen and oxygen atoms in total. The molecule has 2 unspecified atom stereocenters. The van der Waals surface area contributed by atoms with Crippen LogP contribution >= 0.6 is 15.9 Å². The molecule has 1 aliphatic rings. The van der Waals surface area contributed by atoms with Gasteiger partial charge in [-0.05, 0) is 6.42 Å². The number of hydrogen-bond donors (Lipinski definition) is 0. The van der Waals surface area contributed by atoms with Gasteiger partial charge in [0.1, 0.15) is 0 Å². The third-order valence-electron chi connectivity index (χ3n) is 1.48. The molecular formula is C7H11BrO3. The van der Waals surface area contributed by atoms with Gasteiger partial charge in [0.05, 0.1) is 6.61 Å². The first kappa shape index (κ1) is 9.00. The van der Waals surface area contributed by atoms with Crippen molar-refractivity contribution in [2.24, 2.45) is 0 Å². The van der Waals surface area contributed by atoms with Crippen molar-refractivity contribution in [2.45, 2.75) is 30.9 Å². The number of halogens is 1. The molecule has 0 radical (unpaired) electrons. The van der Waals surface area contributed by atoms with E-state index in [2.05, 4.69) is 15.9 Å². The molecule has 0 bridgehead atoms. The van der Waals surface area contributed by atoms with E-state index in [1.54, 1.807) is 0 Å². The topological polar surface area (TPSA) is 35.5 Å². The van der Waals surface area contributed by atoms with Gasteiger partial charge in [-0.15, -0.1) is 0 Å². The molecule has 0 aromatic rings. The Balaban J connectivity index is 2.22. The molecule has 1 rings (SSSR count). The van der Waals surface area contributed by atoms with Crippen molar-refractivity contribution < 1.29 is 14.3 Å². The van der Waals surface area contributed by atoms with Crippen molar-refractivity contribution in [3.05, 3.63) is 0 Å². The van der Waals surface area contributed by atoms with Gasteiger partial charge >= 0.3 is 5.97 Å². The maximum absolute atomic E-state index is 10.5. The summed E-state index contributed by atoms with van der Waals surface area (Å²) >= 11 is 3.42. The summed E-state index contributed by atoms with van der Waals surface area (Å²) in [6, 6.07) is 0. The van der Waals surface area contributed by atoms with Crippen LogP contribution in [0.4, 0.5) is 0 Å². The number of ether oxygens (including phenoxy) is 2. The normalized spacial score (nSPS) is 31.5. The van der Waals surface area contributed by atoms with Crippen LogP contribution in [0.2, 0.25) is 0 Å². The summed E-state index contributed by atoms with van der Waals surface area (Å²) in [4.78, 5) is 10.9. The van der Waals surface area contributed by atoms with Gasteiger partial charge in [-0.3, -0.25) is 4.79 Å². The van der Waals surface area contributed by atoms with Gasteiger partial charge in [0.2, 0.25) is 6.29 Å². The van der Waals surface area contributed by atoms with E-state index in [1.165, 1.54) is 6.92 Å². The summed E-state index contributed by atoms with van der Waals surface area (Å²) in [5.41, 5.74) is 0. The highest BCUT2D eigenvalue weighted by Crippen LogP contribution is 2.19. The second-order valence-electron chi connectivity index (χ2n) is 2.55. The molecule has 0 N–H and O–H groups in total. The highest BCUT2D eigenvalue weighted by molar-refractivity contribution is 9.09. The van der Waals surface area contributed by atoms with Crippen LogP contribution in [0.15, 0.2) is 0 Å². The van der Waals surface area contributed by atoms with Gasteiger partial charge in [-0.2, -0.15) is 0 Å². The van der Waals surface area contributed by atoms with E-state index < -0.39 is 0 Å². The van der Waals surface area contributed by atoms with Crippen LogP contribution in [0.3, 0.4) is 0 Å². The molecule has 0 aliphatic carbocycles. The largest absolute Gasteiger partial charge is 0.436 e. The molecule has 0 aromatic carbocycles. The minimum absolute atomic E-state index is 0.275. The third-order valence-corrected chi connectivity index (χ3v) is 2.20. The standard InChI is InChI=1S/C7H11BrO3/c1-5(9)11-7-3-2-6(8)4-10-7/h6-7H,2-4H2,1H3. The molecule has 11 heavy (non-hydrogen) atoms. The molecule has 0 aromatic heterocycles. The lowest BCUT2D eigenvalue weighted by Gasteiger charge is -2.24. The summed E-state index contributed by atoms with van der Waals surface area (Å²) in [7, 11) is 0. The predicted octanol–water partition coefficient (Wildman–Crippen LogP) is 1.45. The van der Waals surface area contributed by atoms with Crippen LogP contribution in [-0.4, -0.2) is 23.7 Å². The van der Waals surface area contributed by atoms with E-state index in [0.29, 0.717) is 11.4 Å². The van der Waals surface area contributed by atoms with E-state index in [-0.39, 0.29) is 12.3 Å². The number of hydrogen-bond acceptors (Lipinski definition) is 3. The van der Waals surface area contributed by atoms with Gasteiger partial charge in [0.15, 0.2) is 0 Å². The van der Waals surface area contributed by atoms with Crippen LogP contribution in [0.1, 0.15) is 19.8 Å². The maximum atomic E-state index is 10.5. The number of carbonyl (C=O) groups excluding carboxylic acids is 1. The van der Waals surface area contributed by atoms with Crippen molar-refractivity contribution >= 4 is 21.9 Å². The smallest absolute Gasteiger partial charge is 0.304 e. The molecule has 1 aliphatic heterocycles. The Labute approximate surface area is 74.2 Å². The van der Waals surface area contributed by atoms with Gasteiger partial charge in [-0.25, -0.2) is 0 Å². The SMILES string of the molecule is CC(=O)OC1CCC(Br)CO1. The zero-order valence-electron chi connectivity index (χ0n) is 6.38. The number of esters is 1. The highest BCUT2D eigenvalue weighted by atomic mass is 79.9. The van der Waals surface area contributed by atoms with Crippen LogP contribution in [-0.2, 0) is 14.3 Å². The number of rotatable bonds is 1. The fourth-order valence-corrected chi connectivity index (χ4v) is 1.39. The second-order valence-corrected chi connectivity index (χ2v) is 3.84. The average Bonchev–Trinajstić information content (AvgIpc) is 1.93. The first-order valence-electron chi connectivity index (χ1n) is 3.61. The Hall–Kier alpha value is -0.0900. The van der Waals surface area contributed by atoms with Gasteiger partial charge in [0.25, 0.3) is 0 Å². The lowest BCUT2D eigenvalue weighted by atomic mass is 10.2. The summed E-state index contributed by atoms with van der Waals surface area (Å²) < 4.78 is 10.1. The fourth-order valence-electron chi connectivity index (χ4n) is 0.973. The molecule has 64 valence electrons. The Kier molecular flexibility index (Phi) is 3.33. The first-order chi connectivity index (χ1) is 5.18. The minimum Gasteiger partial charge on any atom is -0.436 e. The van der Waals surface area contributed by atoms with E-state index >= 15 is 0 Å². The predicted molar refractivity (Wildman–Crippen MR) is 43.5 cm³/mol. The highest BCUT2D eigenvalue weighted by Gasteiger charge is 2.21. The summed E-state index contributed by atoms with van der Waals surface area (Å²) in [5, 5.41) is 0. The molecule has 0 saturated carbocycles. The zero-order chi connectivity index (χ0) is 8.27. The summed E-state index contributed by atoms with van der Waals surface area (Å²) in [6.45, 7) is 2.02. The second kappa shape index (κ2) is 4.07. The van der Waals surface area contributed by atoms with Gasteiger partial charge < -0.3 is 9.47 Å². The third kappa shape index (κ3) is 3.20. The molecule has 0 amide bonds. The summed E-state index contributed by atoms with van der Waals surface area (Å²) in [6.07, 6.45) is 1.47. The number of alkyl halides is 1. The van der Waals surface area contributed by atoms with Crippen LogP contribution in [0.25, 0.3) is 0 Å². The average molecular weight is 223 g/mol. The van der Waals surface area contributed by atoms with Gasteiger partial charge in [0, 0.05) is 18.2 Å². The van der Waals surface area contributed by atoms with Crippen LogP contribution in [0, 0.1) is 0 Å². The van der Waals surface area contributed by atoms with Crippen LogP contribution in [0.5, 0.6) is 0 Å². The molecule has 1 saturated heterocycles. The van der Waals surface area contributed by atoms with Crippen molar-refractivity contribution in [1.82, 2.24) is 0 Å². The molecule has 1 fully saturated rings. The van der Waals surface area contributed by atoms with Gasteiger partial charge in [-0.1, -0.05) is 15.9 Å². The zero-order valence-corrected chi connectivity index (χ0v) is 7.96. The van der Waals surface area contributed by atoms with E-state index in [1.807, 2.05) is 0 Å². The molecule has 1 heterocycles. The number of carbonyl (C=O) groups is 1. The quantitative estimate of drug-likeness (QED) is 0.498.